The zero-order valence-corrected chi connectivity index (χ0v) is 17.3. The number of non-ortho nitro benzene ring substituents is 1. The molecule has 142 valence electrons. The number of rotatable bonds is 4. The highest BCUT2D eigenvalue weighted by Crippen LogP contribution is 2.35. The summed E-state index contributed by atoms with van der Waals surface area (Å²) in [6.07, 6.45) is 3.61. The summed E-state index contributed by atoms with van der Waals surface area (Å²) in [5.41, 5.74) is 3.80. The molecular formula is C23H15IN2O3. The number of hydrogen-bond acceptors (Lipinski definition) is 3. The molecule has 0 saturated carbocycles. The summed E-state index contributed by atoms with van der Waals surface area (Å²) in [6.45, 7) is 0. The Labute approximate surface area is 181 Å². The summed E-state index contributed by atoms with van der Waals surface area (Å²) in [6, 6.07) is 23.7. The van der Waals surface area contributed by atoms with Crippen LogP contribution in [0, 0.1) is 13.7 Å². The van der Waals surface area contributed by atoms with Crippen molar-refractivity contribution in [2.24, 2.45) is 0 Å². The number of carbonyl (C=O) groups is 1. The predicted octanol–water partition coefficient (Wildman–Crippen LogP) is 5.67. The predicted molar refractivity (Wildman–Crippen MR) is 122 cm³/mol. The van der Waals surface area contributed by atoms with Crippen molar-refractivity contribution >= 4 is 51.6 Å². The summed E-state index contributed by atoms with van der Waals surface area (Å²) >= 11 is 2.23. The van der Waals surface area contributed by atoms with E-state index in [1.54, 1.807) is 23.1 Å². The smallest absolute Gasteiger partial charge is 0.269 e. The first-order valence-electron chi connectivity index (χ1n) is 8.86. The molecule has 4 rings (SSSR count). The number of nitro benzene ring substituents is 1. The number of carbonyl (C=O) groups excluding carboxylic acids is 1. The van der Waals surface area contributed by atoms with Crippen LogP contribution >= 0.6 is 22.6 Å². The van der Waals surface area contributed by atoms with Crippen molar-refractivity contribution in [1.82, 2.24) is 0 Å². The van der Waals surface area contributed by atoms with Crippen LogP contribution in [0.3, 0.4) is 0 Å². The summed E-state index contributed by atoms with van der Waals surface area (Å²) in [4.78, 5) is 25.4. The second kappa shape index (κ2) is 8.00. The highest BCUT2D eigenvalue weighted by Gasteiger charge is 2.30. The maximum absolute atomic E-state index is 13.3. The number of nitrogens with zero attached hydrogens (tertiary/aromatic N) is 2. The number of amides is 1. The molecule has 0 aliphatic carbocycles. The van der Waals surface area contributed by atoms with Crippen LogP contribution in [0.5, 0.6) is 0 Å². The van der Waals surface area contributed by atoms with Crippen LogP contribution < -0.4 is 4.90 Å². The van der Waals surface area contributed by atoms with E-state index in [1.165, 1.54) is 12.1 Å². The third kappa shape index (κ3) is 3.97. The molecular weight excluding hydrogens is 479 g/mol. The molecule has 0 N–H and O–H groups in total. The molecule has 1 amide bonds. The average Bonchev–Trinajstić information content (AvgIpc) is 3.05. The highest BCUT2D eigenvalue weighted by molar-refractivity contribution is 14.1. The third-order valence-electron chi connectivity index (χ3n) is 4.55. The topological polar surface area (TPSA) is 63.4 Å². The molecule has 0 radical (unpaired) electrons. The Morgan fingerprint density at radius 1 is 0.931 bits per heavy atom. The molecule has 0 spiro atoms. The minimum absolute atomic E-state index is 0.0194. The van der Waals surface area contributed by atoms with E-state index in [1.807, 2.05) is 60.7 Å². The van der Waals surface area contributed by atoms with Gasteiger partial charge >= 0.3 is 0 Å². The lowest BCUT2D eigenvalue weighted by atomic mass is 10.1. The number of benzene rings is 3. The Bertz CT molecular complexity index is 1150. The van der Waals surface area contributed by atoms with E-state index in [-0.39, 0.29) is 11.6 Å². The maximum Gasteiger partial charge on any atom is 0.269 e. The zero-order valence-electron chi connectivity index (χ0n) is 15.2. The lowest BCUT2D eigenvalue weighted by molar-refractivity contribution is -0.384. The number of hydrogen-bond donors (Lipinski definition) is 0. The van der Waals surface area contributed by atoms with Gasteiger partial charge in [-0.1, -0.05) is 36.4 Å². The van der Waals surface area contributed by atoms with Crippen molar-refractivity contribution in [1.29, 1.82) is 0 Å². The SMILES string of the molecule is O=C1C(=Cc2ccc([N+](=O)[O-])cc2)C=C(c2ccccc2)N1c1cccc(I)c1. The molecule has 0 saturated heterocycles. The number of halogens is 1. The molecule has 0 bridgehead atoms. The Kier molecular flexibility index (Phi) is 5.26. The zero-order chi connectivity index (χ0) is 20.4. The van der Waals surface area contributed by atoms with Crippen molar-refractivity contribution < 1.29 is 9.72 Å². The molecule has 0 aromatic heterocycles. The molecule has 3 aromatic carbocycles. The minimum atomic E-state index is -0.441. The van der Waals surface area contributed by atoms with Crippen LogP contribution in [0.4, 0.5) is 11.4 Å². The molecule has 1 aliphatic rings. The van der Waals surface area contributed by atoms with Gasteiger partial charge in [0.15, 0.2) is 0 Å². The molecule has 0 unspecified atom stereocenters. The summed E-state index contributed by atoms with van der Waals surface area (Å²) in [5.74, 6) is -0.135. The largest absolute Gasteiger partial charge is 0.276 e. The first-order chi connectivity index (χ1) is 14.0. The fraction of sp³-hybridized carbons (Fsp3) is 0. The normalized spacial score (nSPS) is 14.9. The molecule has 0 fully saturated rings. The molecule has 3 aromatic rings. The van der Waals surface area contributed by atoms with E-state index >= 15 is 0 Å². The first kappa shape index (κ1) is 19.1. The highest BCUT2D eigenvalue weighted by atomic mass is 127. The molecule has 0 atom stereocenters. The molecule has 1 aliphatic heterocycles. The van der Waals surface area contributed by atoms with Gasteiger partial charge in [0.25, 0.3) is 11.6 Å². The van der Waals surface area contributed by atoms with Crippen LogP contribution in [-0.4, -0.2) is 10.8 Å². The van der Waals surface area contributed by atoms with Gasteiger partial charge in [0, 0.05) is 21.3 Å². The summed E-state index contributed by atoms with van der Waals surface area (Å²) in [7, 11) is 0. The standard InChI is InChI=1S/C23H15IN2O3/c24-19-7-4-8-21(15-19)25-22(17-5-2-1-3-6-17)14-18(23(25)27)13-16-9-11-20(12-10-16)26(28)29/h1-15H. The van der Waals surface area contributed by atoms with Crippen LogP contribution in [0.25, 0.3) is 11.8 Å². The van der Waals surface area contributed by atoms with Gasteiger partial charge in [-0.15, -0.1) is 0 Å². The Morgan fingerprint density at radius 2 is 1.66 bits per heavy atom. The first-order valence-corrected chi connectivity index (χ1v) is 9.94. The van der Waals surface area contributed by atoms with Gasteiger partial charge in [-0.05, 0) is 76.2 Å². The number of anilines is 1. The van der Waals surface area contributed by atoms with Crippen LogP contribution in [0.1, 0.15) is 11.1 Å². The molecule has 1 heterocycles. The minimum Gasteiger partial charge on any atom is -0.276 e. The van der Waals surface area contributed by atoms with Crippen LogP contribution in [-0.2, 0) is 4.79 Å². The van der Waals surface area contributed by atoms with Gasteiger partial charge in [-0.25, -0.2) is 0 Å². The van der Waals surface area contributed by atoms with Crippen LogP contribution in [0.2, 0.25) is 0 Å². The lowest BCUT2D eigenvalue weighted by Crippen LogP contribution is -2.25. The second-order valence-electron chi connectivity index (χ2n) is 6.46. The molecule has 29 heavy (non-hydrogen) atoms. The van der Waals surface area contributed by atoms with Crippen molar-refractivity contribution in [3.8, 4) is 0 Å². The third-order valence-corrected chi connectivity index (χ3v) is 5.22. The van der Waals surface area contributed by atoms with Gasteiger partial charge in [-0.3, -0.25) is 19.8 Å². The lowest BCUT2D eigenvalue weighted by Gasteiger charge is -2.21. The summed E-state index contributed by atoms with van der Waals surface area (Å²) in [5, 5.41) is 10.9. The van der Waals surface area contributed by atoms with E-state index in [0.717, 1.165) is 26.1 Å². The van der Waals surface area contributed by atoms with Gasteiger partial charge in [0.2, 0.25) is 0 Å². The van der Waals surface area contributed by atoms with E-state index in [4.69, 9.17) is 0 Å². The van der Waals surface area contributed by atoms with E-state index in [9.17, 15) is 14.9 Å². The fourth-order valence-electron chi connectivity index (χ4n) is 3.18. The molecule has 6 heteroatoms. The van der Waals surface area contributed by atoms with Crippen molar-refractivity contribution in [3.05, 3.63) is 115 Å². The van der Waals surface area contributed by atoms with Gasteiger partial charge in [0.05, 0.1) is 16.3 Å². The summed E-state index contributed by atoms with van der Waals surface area (Å²) < 4.78 is 1.04. The van der Waals surface area contributed by atoms with Gasteiger partial charge < -0.3 is 0 Å². The Hall–Kier alpha value is -3.26. The van der Waals surface area contributed by atoms with E-state index in [0.29, 0.717) is 5.57 Å². The quantitative estimate of drug-likeness (QED) is 0.203. The van der Waals surface area contributed by atoms with E-state index < -0.39 is 4.92 Å². The second-order valence-corrected chi connectivity index (χ2v) is 7.71. The van der Waals surface area contributed by atoms with Crippen molar-refractivity contribution in [2.45, 2.75) is 0 Å². The van der Waals surface area contributed by atoms with Crippen LogP contribution in [0.15, 0.2) is 90.5 Å². The Morgan fingerprint density at radius 3 is 2.31 bits per heavy atom. The Balaban J connectivity index is 1.78. The van der Waals surface area contributed by atoms with Gasteiger partial charge in [0.1, 0.15) is 0 Å². The monoisotopic (exact) mass is 494 g/mol. The van der Waals surface area contributed by atoms with E-state index in [2.05, 4.69) is 22.6 Å². The van der Waals surface area contributed by atoms with Gasteiger partial charge in [-0.2, -0.15) is 0 Å². The average molecular weight is 494 g/mol. The van der Waals surface area contributed by atoms with Crippen molar-refractivity contribution in [2.75, 3.05) is 4.90 Å². The maximum atomic E-state index is 13.3. The molecule has 5 nitrogen and oxygen atoms in total. The number of nitro groups is 1. The fourth-order valence-corrected chi connectivity index (χ4v) is 3.71. The van der Waals surface area contributed by atoms with Crippen molar-refractivity contribution in [3.63, 3.8) is 0 Å².